The molecule has 0 spiro atoms. The highest BCUT2D eigenvalue weighted by molar-refractivity contribution is 5.95. The van der Waals surface area contributed by atoms with Crippen molar-refractivity contribution in [2.45, 2.75) is 0 Å². The van der Waals surface area contributed by atoms with Crippen molar-refractivity contribution < 1.29 is 14.7 Å². The number of rotatable bonds is 3. The number of nitrogens with one attached hydrogen (secondary N) is 1. The number of nitrogens with zero attached hydrogens (tertiary/aromatic N) is 5. The highest BCUT2D eigenvalue weighted by atomic mass is 16.6. The molecule has 3 rings (SSSR count). The van der Waals surface area contributed by atoms with Crippen LogP contribution in [0.5, 0.6) is 0 Å². The Hall–Kier alpha value is -2.81. The van der Waals surface area contributed by atoms with Crippen LogP contribution >= 0.6 is 0 Å². The van der Waals surface area contributed by atoms with Gasteiger partial charge in [0.05, 0.1) is 17.3 Å². The molecular formula is C12H14N6O3. The van der Waals surface area contributed by atoms with Crippen molar-refractivity contribution in [3.63, 3.8) is 0 Å². The van der Waals surface area contributed by atoms with Gasteiger partial charge in [-0.1, -0.05) is 0 Å². The van der Waals surface area contributed by atoms with Gasteiger partial charge in [-0.05, 0) is 6.07 Å². The van der Waals surface area contributed by atoms with Gasteiger partial charge in [0.25, 0.3) is 5.91 Å². The molecule has 0 unspecified atom stereocenters. The fourth-order valence-corrected chi connectivity index (χ4v) is 1.87. The molecule has 1 aliphatic rings. The number of anilines is 1. The van der Waals surface area contributed by atoms with Gasteiger partial charge in [0.1, 0.15) is 6.26 Å². The third kappa shape index (κ3) is 2.46. The van der Waals surface area contributed by atoms with Crippen molar-refractivity contribution in [2.24, 2.45) is 0 Å². The summed E-state index contributed by atoms with van der Waals surface area (Å²) in [5, 5.41) is 17.4. The van der Waals surface area contributed by atoms with E-state index < -0.39 is 0 Å². The van der Waals surface area contributed by atoms with Gasteiger partial charge in [-0.25, -0.2) is 14.6 Å². The maximum Gasteiger partial charge on any atom is 0.254 e. The highest BCUT2D eigenvalue weighted by Gasteiger charge is 2.16. The first-order valence-electron chi connectivity index (χ1n) is 6.17. The summed E-state index contributed by atoms with van der Waals surface area (Å²) in [5.41, 5.74) is 1.22. The summed E-state index contributed by atoms with van der Waals surface area (Å²) in [6.07, 6.45) is 4.57. The number of carbonyl (C=O) groups is 1. The summed E-state index contributed by atoms with van der Waals surface area (Å²) < 4.78 is 6.48. The topological polar surface area (TPSA) is 95.2 Å². The number of aromatic nitrogens is 3. The normalized spacial score (nSPS) is 14.0. The maximum absolute atomic E-state index is 11.9. The average Bonchev–Trinajstić information content (AvgIpc) is 3.04. The summed E-state index contributed by atoms with van der Waals surface area (Å²) in [6, 6.07) is 1.71. The Morgan fingerprint density at radius 3 is 3.00 bits per heavy atom. The van der Waals surface area contributed by atoms with Gasteiger partial charge in [-0.15, -0.1) is 5.10 Å². The zero-order valence-electron chi connectivity index (χ0n) is 11.5. The molecule has 2 aromatic rings. The molecule has 0 bridgehead atoms. The largest absolute Gasteiger partial charge is 0.475 e. The van der Waals surface area contributed by atoms with Gasteiger partial charge in [-0.3, -0.25) is 10.0 Å². The molecule has 2 N–H and O–H groups in total. The minimum absolute atomic E-state index is 0.0512. The Labute approximate surface area is 120 Å². The van der Waals surface area contributed by atoms with Crippen molar-refractivity contribution in [3.8, 4) is 0 Å². The number of amides is 1. The maximum atomic E-state index is 11.9. The number of carbonyl (C=O) groups excluding carboxylic acids is 1. The Balaban J connectivity index is 1.88. The molecule has 3 heterocycles. The number of ether oxygens (including phenoxy) is 1. The predicted octanol–water partition coefficient (Wildman–Crippen LogP) is 0.321. The van der Waals surface area contributed by atoms with Crippen LogP contribution in [0, 0.1) is 0 Å². The molecule has 2 aromatic heterocycles. The second-order valence-electron chi connectivity index (χ2n) is 4.70. The smallest absolute Gasteiger partial charge is 0.254 e. The lowest BCUT2D eigenvalue weighted by atomic mass is 10.3. The van der Waals surface area contributed by atoms with E-state index in [1.807, 2.05) is 0 Å². The lowest BCUT2D eigenvalue weighted by molar-refractivity contribution is -0.0877. The van der Waals surface area contributed by atoms with Crippen LogP contribution in [0.3, 0.4) is 0 Å². The van der Waals surface area contributed by atoms with E-state index in [1.165, 1.54) is 11.2 Å². The van der Waals surface area contributed by atoms with Crippen LogP contribution in [0.4, 0.5) is 5.95 Å². The number of hydrogen-bond donors (Lipinski definition) is 2. The summed E-state index contributed by atoms with van der Waals surface area (Å²) in [5.74, 6) is 0.507. The predicted molar refractivity (Wildman–Crippen MR) is 72.3 cm³/mol. The van der Waals surface area contributed by atoms with Crippen LogP contribution in [0.2, 0.25) is 0 Å². The van der Waals surface area contributed by atoms with E-state index in [4.69, 9.17) is 4.74 Å². The van der Waals surface area contributed by atoms with Crippen LogP contribution in [0.15, 0.2) is 30.5 Å². The molecular weight excluding hydrogens is 276 g/mol. The first-order chi connectivity index (χ1) is 10.0. The van der Waals surface area contributed by atoms with Gasteiger partial charge in [-0.2, -0.15) is 0 Å². The van der Waals surface area contributed by atoms with E-state index in [0.29, 0.717) is 16.9 Å². The third-order valence-electron chi connectivity index (χ3n) is 2.91. The van der Waals surface area contributed by atoms with Gasteiger partial charge in [0, 0.05) is 20.3 Å². The van der Waals surface area contributed by atoms with Crippen molar-refractivity contribution in [1.29, 1.82) is 0 Å². The molecule has 0 radical (unpaired) electrons. The molecule has 9 nitrogen and oxygen atoms in total. The van der Waals surface area contributed by atoms with Crippen LogP contribution in [-0.4, -0.2) is 56.5 Å². The third-order valence-corrected chi connectivity index (χ3v) is 2.91. The summed E-state index contributed by atoms with van der Waals surface area (Å²) >= 11 is 0. The van der Waals surface area contributed by atoms with E-state index in [-0.39, 0.29) is 18.6 Å². The molecule has 0 atom stereocenters. The number of hydrogen-bond acceptors (Lipinski definition) is 7. The molecule has 110 valence electrons. The summed E-state index contributed by atoms with van der Waals surface area (Å²) in [6.45, 7) is 0.0512. The lowest BCUT2D eigenvalue weighted by Gasteiger charge is -2.11. The van der Waals surface area contributed by atoms with Crippen LogP contribution < -0.4 is 5.32 Å². The van der Waals surface area contributed by atoms with Crippen molar-refractivity contribution in [1.82, 2.24) is 24.6 Å². The Morgan fingerprint density at radius 1 is 1.52 bits per heavy atom. The molecule has 1 amide bonds. The Morgan fingerprint density at radius 2 is 2.33 bits per heavy atom. The second-order valence-corrected chi connectivity index (χ2v) is 4.70. The summed E-state index contributed by atoms with van der Waals surface area (Å²) in [7, 11) is 3.37. The molecule has 21 heavy (non-hydrogen) atoms. The van der Waals surface area contributed by atoms with Crippen LogP contribution in [0.1, 0.15) is 10.4 Å². The first-order valence-corrected chi connectivity index (χ1v) is 6.17. The quantitative estimate of drug-likeness (QED) is 0.840. The van der Waals surface area contributed by atoms with E-state index in [2.05, 4.69) is 15.4 Å². The van der Waals surface area contributed by atoms with E-state index in [1.54, 1.807) is 37.1 Å². The van der Waals surface area contributed by atoms with Crippen molar-refractivity contribution in [2.75, 3.05) is 26.1 Å². The Kier molecular flexibility index (Phi) is 3.10. The monoisotopic (exact) mass is 290 g/mol. The minimum atomic E-state index is -0.108. The molecule has 0 aliphatic carbocycles. The van der Waals surface area contributed by atoms with E-state index >= 15 is 0 Å². The second kappa shape index (κ2) is 4.94. The van der Waals surface area contributed by atoms with Gasteiger partial charge in [0.2, 0.25) is 5.95 Å². The van der Waals surface area contributed by atoms with Crippen molar-refractivity contribution in [3.05, 3.63) is 36.1 Å². The standard InChI is InChI=1S/C12H14N6O3/c1-16(2)11(19)8-3-9-4-13-12(15-17(9)5-8)14-10-6-21-7-18(10)20/h3-6,20H,7H2,1-2H3,(H,14,15). The zero-order valence-corrected chi connectivity index (χ0v) is 11.5. The van der Waals surface area contributed by atoms with Gasteiger partial charge < -0.3 is 15.0 Å². The van der Waals surface area contributed by atoms with Crippen molar-refractivity contribution >= 4 is 17.4 Å². The van der Waals surface area contributed by atoms with Gasteiger partial charge >= 0.3 is 0 Å². The average molecular weight is 290 g/mol. The molecule has 1 aliphatic heterocycles. The minimum Gasteiger partial charge on any atom is -0.475 e. The first kappa shape index (κ1) is 13.2. The SMILES string of the molecule is CN(C)C(=O)c1cc2cnc(NC3=COCN3O)nn2c1. The lowest BCUT2D eigenvalue weighted by Crippen LogP contribution is -2.21. The number of fused-ring (bicyclic) bond motifs is 1. The van der Waals surface area contributed by atoms with Gasteiger partial charge in [0.15, 0.2) is 12.6 Å². The van der Waals surface area contributed by atoms with E-state index in [0.717, 1.165) is 5.06 Å². The molecule has 0 aromatic carbocycles. The fraction of sp³-hybridized carbons (Fsp3) is 0.250. The fourth-order valence-electron chi connectivity index (χ4n) is 1.87. The molecule has 0 fully saturated rings. The number of hydroxylamine groups is 2. The Bertz CT molecular complexity index is 723. The van der Waals surface area contributed by atoms with Crippen LogP contribution in [-0.2, 0) is 4.74 Å². The summed E-state index contributed by atoms with van der Waals surface area (Å²) in [4.78, 5) is 17.5. The van der Waals surface area contributed by atoms with E-state index in [9.17, 15) is 10.0 Å². The highest BCUT2D eigenvalue weighted by Crippen LogP contribution is 2.14. The molecule has 0 saturated carbocycles. The van der Waals surface area contributed by atoms with Crippen LogP contribution in [0.25, 0.3) is 5.52 Å². The molecule has 9 heteroatoms. The zero-order chi connectivity index (χ0) is 15.0. The molecule has 0 saturated heterocycles.